The molecule has 196 valence electrons. The topological polar surface area (TPSA) is 46.6 Å². The summed E-state index contributed by atoms with van der Waals surface area (Å²) in [6, 6.07) is 34.8. The third-order valence-electron chi connectivity index (χ3n) is 8.23. The second-order valence-electron chi connectivity index (χ2n) is 10.6. The molecule has 4 heteroatoms. The molecule has 0 aromatic heterocycles. The Kier molecular flexibility index (Phi) is 7.27. The zero-order chi connectivity index (χ0) is 26.6. The van der Waals surface area contributed by atoms with Crippen molar-refractivity contribution in [2.45, 2.75) is 38.2 Å². The van der Waals surface area contributed by atoms with E-state index in [-0.39, 0.29) is 11.7 Å². The zero-order valence-electron chi connectivity index (χ0n) is 22.1. The SMILES string of the molecule is O=C1c2ccc(OCc3ccccc3-c3ccccc3)cc2CCC1C(=O)N1CCC(c2ccccc2)CC1. The molecule has 2 aliphatic rings. The van der Waals surface area contributed by atoms with E-state index in [1.54, 1.807) is 0 Å². The van der Waals surface area contributed by atoms with Crippen LogP contribution in [0.4, 0.5) is 0 Å². The van der Waals surface area contributed by atoms with Crippen molar-refractivity contribution in [2.24, 2.45) is 5.92 Å². The highest BCUT2D eigenvalue weighted by Gasteiger charge is 2.36. The highest BCUT2D eigenvalue weighted by Crippen LogP contribution is 2.33. The summed E-state index contributed by atoms with van der Waals surface area (Å²) in [5, 5.41) is 0. The quantitative estimate of drug-likeness (QED) is 0.258. The molecular weight excluding hydrogens is 482 g/mol. The van der Waals surface area contributed by atoms with Crippen molar-refractivity contribution >= 4 is 11.7 Å². The average molecular weight is 516 g/mol. The summed E-state index contributed by atoms with van der Waals surface area (Å²) < 4.78 is 6.19. The van der Waals surface area contributed by atoms with Crippen LogP contribution < -0.4 is 4.74 Å². The number of rotatable bonds is 6. The number of Topliss-reactive ketones (excluding diaryl/α,β-unsaturated/α-hetero) is 1. The molecule has 0 N–H and O–H groups in total. The Hall–Kier alpha value is -4.18. The van der Waals surface area contributed by atoms with E-state index in [0.717, 1.165) is 40.8 Å². The predicted molar refractivity (Wildman–Crippen MR) is 154 cm³/mol. The Morgan fingerprint density at radius 2 is 1.46 bits per heavy atom. The number of benzene rings is 4. The van der Waals surface area contributed by atoms with Crippen LogP contribution in [0.1, 0.15) is 52.2 Å². The van der Waals surface area contributed by atoms with Crippen molar-refractivity contribution < 1.29 is 14.3 Å². The molecule has 0 spiro atoms. The lowest BCUT2D eigenvalue weighted by Gasteiger charge is -2.35. The lowest BCUT2D eigenvalue weighted by atomic mass is 9.81. The van der Waals surface area contributed by atoms with E-state index in [0.29, 0.717) is 44.0 Å². The van der Waals surface area contributed by atoms with Crippen molar-refractivity contribution in [3.05, 3.63) is 125 Å². The van der Waals surface area contributed by atoms with Gasteiger partial charge in [0.2, 0.25) is 5.91 Å². The minimum Gasteiger partial charge on any atom is -0.489 e. The van der Waals surface area contributed by atoms with Gasteiger partial charge in [0.25, 0.3) is 0 Å². The molecule has 1 atom stereocenters. The second-order valence-corrected chi connectivity index (χ2v) is 10.6. The summed E-state index contributed by atoms with van der Waals surface area (Å²) in [4.78, 5) is 28.7. The number of amides is 1. The minimum atomic E-state index is -0.574. The van der Waals surface area contributed by atoms with E-state index in [2.05, 4.69) is 48.5 Å². The van der Waals surface area contributed by atoms with Gasteiger partial charge in [0.1, 0.15) is 18.3 Å². The van der Waals surface area contributed by atoms with E-state index >= 15 is 0 Å². The summed E-state index contributed by atoms with van der Waals surface area (Å²) >= 11 is 0. The highest BCUT2D eigenvalue weighted by molar-refractivity contribution is 6.11. The van der Waals surface area contributed by atoms with Crippen LogP contribution in [0.25, 0.3) is 11.1 Å². The Balaban J connectivity index is 1.09. The summed E-state index contributed by atoms with van der Waals surface area (Å²) in [5.41, 5.74) is 6.40. The van der Waals surface area contributed by atoms with Gasteiger partial charge in [-0.3, -0.25) is 9.59 Å². The van der Waals surface area contributed by atoms with Gasteiger partial charge in [-0.25, -0.2) is 0 Å². The van der Waals surface area contributed by atoms with Crippen LogP contribution in [0.3, 0.4) is 0 Å². The smallest absolute Gasteiger partial charge is 0.233 e. The van der Waals surface area contributed by atoms with Crippen LogP contribution in [0.15, 0.2) is 103 Å². The van der Waals surface area contributed by atoms with E-state index in [1.807, 2.05) is 59.5 Å². The van der Waals surface area contributed by atoms with Crippen LogP contribution in [-0.2, 0) is 17.8 Å². The molecule has 1 heterocycles. The summed E-state index contributed by atoms with van der Waals surface area (Å²) in [6.45, 7) is 1.87. The molecule has 39 heavy (non-hydrogen) atoms. The fourth-order valence-electron chi connectivity index (χ4n) is 6.05. The maximum Gasteiger partial charge on any atom is 0.233 e. The maximum atomic E-state index is 13.4. The van der Waals surface area contributed by atoms with E-state index in [1.165, 1.54) is 5.56 Å². The molecule has 1 unspecified atom stereocenters. The number of carbonyl (C=O) groups is 2. The first-order valence-corrected chi connectivity index (χ1v) is 13.9. The Bertz CT molecular complexity index is 1460. The number of piperidine rings is 1. The molecule has 1 aliphatic heterocycles. The van der Waals surface area contributed by atoms with Crippen molar-refractivity contribution in [3.8, 4) is 16.9 Å². The first-order chi connectivity index (χ1) is 19.2. The number of fused-ring (bicyclic) bond motifs is 1. The Labute approximate surface area is 230 Å². The number of aryl methyl sites for hydroxylation is 1. The van der Waals surface area contributed by atoms with Crippen LogP contribution in [0.5, 0.6) is 5.75 Å². The monoisotopic (exact) mass is 515 g/mol. The third kappa shape index (κ3) is 5.37. The first kappa shape index (κ1) is 25.1. The fourth-order valence-corrected chi connectivity index (χ4v) is 6.05. The number of hydrogen-bond donors (Lipinski definition) is 0. The van der Waals surface area contributed by atoms with Gasteiger partial charge < -0.3 is 9.64 Å². The number of carbonyl (C=O) groups excluding carboxylic acids is 2. The van der Waals surface area contributed by atoms with E-state index in [4.69, 9.17) is 4.74 Å². The lowest BCUT2D eigenvalue weighted by Crippen LogP contribution is -2.44. The number of nitrogens with zero attached hydrogens (tertiary/aromatic N) is 1. The maximum absolute atomic E-state index is 13.4. The van der Waals surface area contributed by atoms with Crippen molar-refractivity contribution in [2.75, 3.05) is 13.1 Å². The molecule has 1 fully saturated rings. The van der Waals surface area contributed by atoms with Gasteiger partial charge in [-0.2, -0.15) is 0 Å². The van der Waals surface area contributed by atoms with Crippen molar-refractivity contribution in [1.29, 1.82) is 0 Å². The van der Waals surface area contributed by atoms with Gasteiger partial charge in [0.15, 0.2) is 5.78 Å². The van der Waals surface area contributed by atoms with Gasteiger partial charge in [-0.1, -0.05) is 84.9 Å². The van der Waals surface area contributed by atoms with E-state index < -0.39 is 5.92 Å². The molecule has 6 rings (SSSR count). The Morgan fingerprint density at radius 1 is 0.769 bits per heavy atom. The molecular formula is C35H33NO3. The molecule has 4 aromatic carbocycles. The van der Waals surface area contributed by atoms with Crippen LogP contribution >= 0.6 is 0 Å². The normalized spacial score (nSPS) is 17.5. The lowest BCUT2D eigenvalue weighted by molar-refractivity contribution is -0.135. The number of ether oxygens (including phenoxy) is 1. The molecule has 4 aromatic rings. The van der Waals surface area contributed by atoms with Crippen LogP contribution in [-0.4, -0.2) is 29.7 Å². The van der Waals surface area contributed by atoms with Crippen molar-refractivity contribution in [3.63, 3.8) is 0 Å². The summed E-state index contributed by atoms with van der Waals surface area (Å²) in [7, 11) is 0. The van der Waals surface area contributed by atoms with Gasteiger partial charge >= 0.3 is 0 Å². The Morgan fingerprint density at radius 3 is 2.23 bits per heavy atom. The van der Waals surface area contributed by atoms with Gasteiger partial charge in [0.05, 0.1) is 0 Å². The van der Waals surface area contributed by atoms with Crippen molar-refractivity contribution in [1.82, 2.24) is 4.90 Å². The summed E-state index contributed by atoms with van der Waals surface area (Å²) in [5.74, 6) is 0.603. The van der Waals surface area contributed by atoms with Gasteiger partial charge in [-0.15, -0.1) is 0 Å². The molecule has 1 amide bonds. The molecule has 0 radical (unpaired) electrons. The molecule has 1 aliphatic carbocycles. The fraction of sp³-hybridized carbons (Fsp3) is 0.257. The highest BCUT2D eigenvalue weighted by atomic mass is 16.5. The largest absolute Gasteiger partial charge is 0.489 e. The predicted octanol–water partition coefficient (Wildman–Crippen LogP) is 7.08. The van der Waals surface area contributed by atoms with Crippen LogP contribution in [0, 0.1) is 5.92 Å². The first-order valence-electron chi connectivity index (χ1n) is 13.9. The van der Waals surface area contributed by atoms with E-state index in [9.17, 15) is 9.59 Å². The minimum absolute atomic E-state index is 0.00462. The van der Waals surface area contributed by atoms with Crippen LogP contribution in [0.2, 0.25) is 0 Å². The molecule has 0 bridgehead atoms. The number of likely N-dealkylation sites (tertiary alicyclic amines) is 1. The second kappa shape index (κ2) is 11.3. The standard InChI is InChI=1S/C35H33NO3/c37-34-32-18-16-30(39-24-29-13-7-8-14-31(29)27-11-5-2-6-12-27)23-28(32)15-17-33(34)35(38)36-21-19-26(20-22-36)25-9-3-1-4-10-25/h1-14,16,18,23,26,33H,15,17,19-22,24H2. The average Bonchev–Trinajstić information content (AvgIpc) is 3.01. The van der Waals surface area contributed by atoms with Gasteiger partial charge in [0, 0.05) is 18.7 Å². The molecule has 0 saturated carbocycles. The number of ketones is 1. The molecule has 4 nitrogen and oxygen atoms in total. The van der Waals surface area contributed by atoms with Gasteiger partial charge in [-0.05, 0) is 77.6 Å². The summed E-state index contributed by atoms with van der Waals surface area (Å²) in [6.07, 6.45) is 3.15. The molecule has 1 saturated heterocycles. The third-order valence-corrected chi connectivity index (χ3v) is 8.23. The zero-order valence-corrected chi connectivity index (χ0v) is 22.1. The number of hydrogen-bond acceptors (Lipinski definition) is 3.